The zero-order valence-corrected chi connectivity index (χ0v) is 16.2. The highest BCUT2D eigenvalue weighted by Gasteiger charge is 2.41. The van der Waals surface area contributed by atoms with Crippen molar-refractivity contribution in [1.82, 2.24) is 19.9 Å². The van der Waals surface area contributed by atoms with Crippen molar-refractivity contribution < 1.29 is 9.13 Å². The first-order valence-corrected chi connectivity index (χ1v) is 10.5. The van der Waals surface area contributed by atoms with Crippen LogP contribution in [0.1, 0.15) is 47.2 Å². The predicted octanol–water partition coefficient (Wildman–Crippen LogP) is 3.33. The van der Waals surface area contributed by atoms with Gasteiger partial charge >= 0.3 is 0 Å². The van der Waals surface area contributed by atoms with Gasteiger partial charge in [-0.15, -0.1) is 16.4 Å². The van der Waals surface area contributed by atoms with Crippen LogP contribution in [-0.2, 0) is 36.3 Å². The molecule has 0 aliphatic carbocycles. The van der Waals surface area contributed by atoms with Crippen LogP contribution < -0.4 is 0 Å². The van der Waals surface area contributed by atoms with Crippen LogP contribution in [0.15, 0.2) is 12.3 Å². The van der Waals surface area contributed by atoms with Gasteiger partial charge < -0.3 is 4.74 Å². The van der Waals surface area contributed by atoms with Crippen LogP contribution in [0, 0.1) is 0 Å². The Kier molecular flexibility index (Phi) is 5.38. The molecule has 0 atom stereocenters. The number of hydrogen-bond donors (Lipinski definition) is 0. The van der Waals surface area contributed by atoms with E-state index in [9.17, 15) is 4.39 Å². The zero-order valence-electron chi connectivity index (χ0n) is 15.4. The third-order valence-electron chi connectivity index (χ3n) is 5.56. The smallest absolute Gasteiger partial charge is 0.0967 e. The lowest BCUT2D eigenvalue weighted by Gasteiger charge is -2.44. The predicted molar refractivity (Wildman–Crippen MR) is 100 cm³/mol. The fraction of sp³-hybridized carbons (Fsp3) is 0.684. The van der Waals surface area contributed by atoms with Gasteiger partial charge in [-0.1, -0.05) is 12.1 Å². The van der Waals surface area contributed by atoms with Gasteiger partial charge in [0.2, 0.25) is 0 Å². The maximum Gasteiger partial charge on any atom is 0.0967 e. The quantitative estimate of drug-likeness (QED) is 0.773. The molecule has 0 N–H and O–H groups in total. The molecule has 7 heteroatoms. The molecule has 0 bridgehead atoms. The first kappa shape index (κ1) is 18.1. The zero-order chi connectivity index (χ0) is 18.0. The van der Waals surface area contributed by atoms with Gasteiger partial charge in [-0.05, 0) is 37.3 Å². The Hall–Kier alpha value is -1.31. The summed E-state index contributed by atoms with van der Waals surface area (Å²) in [5.41, 5.74) is 2.35. The maximum atomic E-state index is 12.3. The summed E-state index contributed by atoms with van der Waals surface area (Å²) in [5.74, 6) is 0. The Morgan fingerprint density at radius 2 is 2.19 bits per heavy atom. The van der Waals surface area contributed by atoms with E-state index in [1.54, 1.807) is 4.68 Å². The Labute approximate surface area is 158 Å². The Morgan fingerprint density at radius 3 is 2.96 bits per heavy atom. The molecule has 2 aliphatic rings. The number of ether oxygens (including phenoxy) is 1. The molecular weight excluding hydrogens is 351 g/mol. The normalized spacial score (nSPS) is 19.8. The van der Waals surface area contributed by atoms with E-state index in [0.717, 1.165) is 57.6 Å². The fourth-order valence-corrected chi connectivity index (χ4v) is 5.28. The summed E-state index contributed by atoms with van der Waals surface area (Å²) in [7, 11) is 0. The topological polar surface area (TPSA) is 43.2 Å². The lowest BCUT2D eigenvalue weighted by Crippen LogP contribution is -2.45. The fourth-order valence-electron chi connectivity index (χ4n) is 4.10. The molecule has 0 unspecified atom stereocenters. The highest BCUT2D eigenvalue weighted by Crippen LogP contribution is 2.44. The number of halogens is 1. The van der Waals surface area contributed by atoms with Gasteiger partial charge in [-0.2, -0.15) is 0 Å². The maximum absolute atomic E-state index is 12.3. The molecule has 4 heterocycles. The first-order chi connectivity index (χ1) is 12.7. The van der Waals surface area contributed by atoms with Gasteiger partial charge in [-0.3, -0.25) is 14.0 Å². The van der Waals surface area contributed by atoms with Gasteiger partial charge in [0.05, 0.1) is 24.6 Å². The van der Waals surface area contributed by atoms with Crippen LogP contribution in [0.5, 0.6) is 0 Å². The third-order valence-corrected chi connectivity index (χ3v) is 6.90. The molecule has 1 saturated heterocycles. The van der Waals surface area contributed by atoms with E-state index in [1.165, 1.54) is 15.3 Å². The molecule has 1 fully saturated rings. The summed E-state index contributed by atoms with van der Waals surface area (Å²) in [5, 5.41) is 8.33. The van der Waals surface area contributed by atoms with E-state index < -0.39 is 0 Å². The van der Waals surface area contributed by atoms with Crippen molar-refractivity contribution in [3.63, 3.8) is 0 Å². The van der Waals surface area contributed by atoms with Gasteiger partial charge in [0.25, 0.3) is 0 Å². The minimum atomic E-state index is -0.312. The van der Waals surface area contributed by atoms with E-state index in [-0.39, 0.29) is 12.3 Å². The molecule has 2 aromatic heterocycles. The molecule has 2 aromatic rings. The summed E-state index contributed by atoms with van der Waals surface area (Å²) < 4.78 is 20.4. The molecule has 2 aliphatic heterocycles. The van der Waals surface area contributed by atoms with E-state index >= 15 is 0 Å². The molecule has 26 heavy (non-hydrogen) atoms. The van der Waals surface area contributed by atoms with Crippen LogP contribution in [0.25, 0.3) is 0 Å². The largest absolute Gasteiger partial charge is 0.370 e. The number of nitrogens with zero attached hydrogens (tertiary/aromatic N) is 4. The number of piperidine rings is 1. The summed E-state index contributed by atoms with van der Waals surface area (Å²) >= 11 is 1.97. The second-order valence-corrected chi connectivity index (χ2v) is 8.51. The molecule has 142 valence electrons. The number of aryl methyl sites for hydroxylation is 2. The molecule has 0 saturated carbocycles. The van der Waals surface area contributed by atoms with Gasteiger partial charge in [0, 0.05) is 48.6 Å². The van der Waals surface area contributed by atoms with Crippen molar-refractivity contribution in [1.29, 1.82) is 0 Å². The van der Waals surface area contributed by atoms with Crippen LogP contribution in [0.2, 0.25) is 0 Å². The monoisotopic (exact) mass is 378 g/mol. The van der Waals surface area contributed by atoms with Crippen LogP contribution in [-0.4, -0.2) is 46.3 Å². The number of fused-ring (bicyclic) bond motifs is 2. The minimum Gasteiger partial charge on any atom is -0.370 e. The van der Waals surface area contributed by atoms with Crippen LogP contribution in [0.3, 0.4) is 0 Å². The van der Waals surface area contributed by atoms with E-state index in [1.807, 2.05) is 17.5 Å². The van der Waals surface area contributed by atoms with Crippen molar-refractivity contribution >= 4 is 11.3 Å². The number of hydrogen-bond acceptors (Lipinski definition) is 5. The van der Waals surface area contributed by atoms with Crippen LogP contribution in [0.4, 0.5) is 4.39 Å². The Balaban J connectivity index is 1.39. The average molecular weight is 379 g/mol. The number of thiophene rings is 1. The van der Waals surface area contributed by atoms with Crippen molar-refractivity contribution in [3.8, 4) is 0 Å². The molecule has 1 spiro atoms. The summed E-state index contributed by atoms with van der Waals surface area (Å²) in [6.45, 7) is 6.19. The number of alkyl halides is 1. The number of rotatable bonds is 6. The summed E-state index contributed by atoms with van der Waals surface area (Å²) in [6, 6.07) is 2.39. The third kappa shape index (κ3) is 3.57. The van der Waals surface area contributed by atoms with Crippen molar-refractivity contribution in [2.24, 2.45) is 0 Å². The molecular formula is C19H27FN4OS. The molecule has 0 radical (unpaired) electrons. The van der Waals surface area contributed by atoms with Gasteiger partial charge in [0.1, 0.15) is 0 Å². The molecule has 0 amide bonds. The van der Waals surface area contributed by atoms with Gasteiger partial charge in [-0.25, -0.2) is 0 Å². The average Bonchev–Trinajstić information content (AvgIpc) is 3.29. The van der Waals surface area contributed by atoms with E-state index in [2.05, 4.69) is 28.2 Å². The Morgan fingerprint density at radius 1 is 1.35 bits per heavy atom. The second kappa shape index (κ2) is 7.74. The minimum absolute atomic E-state index is 0.0766. The number of likely N-dealkylation sites (tertiary alicyclic amines) is 1. The SMILES string of the molecule is CCc1cc2c(s1)CCOC21CCN(Cc2cn(CCCF)nn2)CC1. The molecule has 0 aromatic carbocycles. The van der Waals surface area contributed by atoms with E-state index in [0.29, 0.717) is 13.0 Å². The molecule has 5 nitrogen and oxygen atoms in total. The lowest BCUT2D eigenvalue weighted by atomic mass is 9.82. The Bertz CT molecular complexity index is 736. The van der Waals surface area contributed by atoms with Crippen molar-refractivity contribution in [2.75, 3.05) is 26.4 Å². The highest BCUT2D eigenvalue weighted by molar-refractivity contribution is 7.12. The number of aromatic nitrogens is 3. The first-order valence-electron chi connectivity index (χ1n) is 9.66. The van der Waals surface area contributed by atoms with Gasteiger partial charge in [0.15, 0.2) is 0 Å². The van der Waals surface area contributed by atoms with Crippen LogP contribution >= 0.6 is 11.3 Å². The standard InChI is InChI=1S/C19H27FN4OS/c1-2-16-12-17-18(26-16)4-11-25-19(17)5-9-23(10-6-19)13-15-14-24(22-21-15)8-3-7-20/h12,14H,2-11,13H2,1H3. The second-order valence-electron chi connectivity index (χ2n) is 7.29. The van der Waals surface area contributed by atoms with Crippen molar-refractivity contribution in [3.05, 3.63) is 33.3 Å². The lowest BCUT2D eigenvalue weighted by molar-refractivity contribution is -0.0982. The summed E-state index contributed by atoms with van der Waals surface area (Å²) in [4.78, 5) is 5.45. The van der Waals surface area contributed by atoms with E-state index in [4.69, 9.17) is 4.74 Å². The summed E-state index contributed by atoms with van der Waals surface area (Å²) in [6.07, 6.45) is 6.69. The highest BCUT2D eigenvalue weighted by atomic mass is 32.1. The molecule has 4 rings (SSSR count). The van der Waals surface area contributed by atoms with Crippen molar-refractivity contribution in [2.45, 2.75) is 57.7 Å².